The first kappa shape index (κ1) is 26.1. The zero-order chi connectivity index (χ0) is 26.2. The largest absolute Gasteiger partial charge is 0.490 e. The van der Waals surface area contributed by atoms with Gasteiger partial charge in [-0.1, -0.05) is 59.6 Å². The molecule has 4 rings (SSSR count). The van der Waals surface area contributed by atoms with Gasteiger partial charge in [-0.3, -0.25) is 4.79 Å². The zero-order valence-corrected chi connectivity index (χ0v) is 21.9. The molecule has 1 aliphatic rings. The average Bonchev–Trinajstić information content (AvgIpc) is 2.92. The number of piperazine rings is 1. The van der Waals surface area contributed by atoms with E-state index in [1.54, 1.807) is 23.1 Å². The lowest BCUT2D eigenvalue weighted by Gasteiger charge is -2.36. The fourth-order valence-corrected chi connectivity index (χ4v) is 4.59. The number of halogens is 1. The molecular weight excluding hydrogens is 486 g/mol. The van der Waals surface area contributed by atoms with Gasteiger partial charge in [0, 0.05) is 31.9 Å². The van der Waals surface area contributed by atoms with Crippen molar-refractivity contribution in [3.63, 3.8) is 0 Å². The van der Waals surface area contributed by atoms with Gasteiger partial charge >= 0.3 is 0 Å². The molecule has 0 aliphatic carbocycles. The third kappa shape index (κ3) is 6.63. The number of nitrogens with zero attached hydrogens (tertiary/aromatic N) is 3. The summed E-state index contributed by atoms with van der Waals surface area (Å²) in [5.41, 5.74) is 3.96. The van der Waals surface area contributed by atoms with Crippen molar-refractivity contribution in [1.82, 2.24) is 4.90 Å². The van der Waals surface area contributed by atoms with Crippen LogP contribution in [0.5, 0.6) is 11.5 Å². The van der Waals surface area contributed by atoms with Crippen LogP contribution < -0.4 is 14.4 Å². The van der Waals surface area contributed by atoms with Crippen LogP contribution >= 0.6 is 11.6 Å². The number of nitriles is 1. The van der Waals surface area contributed by atoms with Crippen LogP contribution in [0.1, 0.15) is 23.6 Å². The third-order valence-electron chi connectivity index (χ3n) is 6.15. The Morgan fingerprint density at radius 2 is 1.78 bits per heavy atom. The van der Waals surface area contributed by atoms with Gasteiger partial charge in [-0.05, 0) is 55.3 Å². The van der Waals surface area contributed by atoms with E-state index in [-0.39, 0.29) is 11.5 Å². The highest BCUT2D eigenvalue weighted by atomic mass is 35.5. The molecule has 1 amide bonds. The maximum absolute atomic E-state index is 13.2. The highest BCUT2D eigenvalue weighted by Gasteiger charge is 2.24. The number of rotatable bonds is 8. The number of aryl methyl sites for hydroxylation is 1. The van der Waals surface area contributed by atoms with Crippen LogP contribution in [-0.2, 0) is 11.4 Å². The number of para-hydroxylation sites is 1. The first-order valence-electron chi connectivity index (χ1n) is 12.3. The Balaban J connectivity index is 1.49. The van der Waals surface area contributed by atoms with Crippen LogP contribution in [-0.4, -0.2) is 43.6 Å². The number of hydrogen-bond donors (Lipinski definition) is 0. The minimum Gasteiger partial charge on any atom is -0.490 e. The van der Waals surface area contributed by atoms with Crippen LogP contribution in [0.15, 0.2) is 72.3 Å². The van der Waals surface area contributed by atoms with Crippen LogP contribution in [0.25, 0.3) is 6.08 Å². The van der Waals surface area contributed by atoms with Gasteiger partial charge in [-0.25, -0.2) is 0 Å². The van der Waals surface area contributed by atoms with E-state index in [1.165, 1.54) is 0 Å². The number of hydrogen-bond acceptors (Lipinski definition) is 5. The first-order chi connectivity index (χ1) is 18.0. The normalized spacial score (nSPS) is 13.7. The minimum atomic E-state index is -0.288. The molecule has 7 heteroatoms. The van der Waals surface area contributed by atoms with Crippen molar-refractivity contribution >= 4 is 29.3 Å². The molecule has 3 aromatic carbocycles. The Morgan fingerprint density at radius 3 is 2.46 bits per heavy atom. The predicted molar refractivity (Wildman–Crippen MR) is 147 cm³/mol. The lowest BCUT2D eigenvalue weighted by atomic mass is 10.1. The summed E-state index contributed by atoms with van der Waals surface area (Å²) in [7, 11) is 0. The lowest BCUT2D eigenvalue weighted by molar-refractivity contribution is -0.126. The van der Waals surface area contributed by atoms with Gasteiger partial charge in [-0.15, -0.1) is 0 Å². The topological polar surface area (TPSA) is 65.8 Å². The first-order valence-corrected chi connectivity index (χ1v) is 12.7. The van der Waals surface area contributed by atoms with Gasteiger partial charge in [-0.2, -0.15) is 5.26 Å². The van der Waals surface area contributed by atoms with Crippen LogP contribution in [0.4, 0.5) is 5.69 Å². The van der Waals surface area contributed by atoms with E-state index in [0.717, 1.165) is 16.8 Å². The Kier molecular flexibility index (Phi) is 8.71. The summed E-state index contributed by atoms with van der Waals surface area (Å²) in [4.78, 5) is 17.1. The van der Waals surface area contributed by atoms with Crippen LogP contribution in [0.3, 0.4) is 0 Å². The van der Waals surface area contributed by atoms with E-state index < -0.39 is 0 Å². The molecule has 3 aromatic rings. The van der Waals surface area contributed by atoms with E-state index >= 15 is 0 Å². The molecule has 37 heavy (non-hydrogen) atoms. The molecule has 0 saturated carbocycles. The highest BCUT2D eigenvalue weighted by Crippen LogP contribution is 2.38. The second-order valence-electron chi connectivity index (χ2n) is 8.83. The number of carbonyl (C=O) groups excluding carboxylic acids is 1. The van der Waals surface area contributed by atoms with E-state index in [0.29, 0.717) is 61.5 Å². The average molecular weight is 516 g/mol. The Bertz CT molecular complexity index is 1310. The summed E-state index contributed by atoms with van der Waals surface area (Å²) < 4.78 is 11.8. The minimum absolute atomic E-state index is 0.0557. The standard InChI is InChI=1S/C30H30ClN3O3/c1-3-36-28-19-24(18-27(31)29(28)37-21-23-9-7-8-22(2)16-23)17-25(20-32)30(35)34-14-12-33(13-15-34)26-10-5-4-6-11-26/h4-11,16-19H,3,12-15,21H2,1-2H3/b25-17-. The number of carbonyl (C=O) groups is 1. The van der Waals surface area contributed by atoms with Crippen molar-refractivity contribution in [2.45, 2.75) is 20.5 Å². The van der Waals surface area contributed by atoms with Gasteiger partial charge in [0.15, 0.2) is 11.5 Å². The van der Waals surface area contributed by atoms with Crippen molar-refractivity contribution in [3.8, 4) is 17.6 Å². The molecule has 0 unspecified atom stereocenters. The molecule has 6 nitrogen and oxygen atoms in total. The molecular formula is C30H30ClN3O3. The second-order valence-corrected chi connectivity index (χ2v) is 9.23. The maximum atomic E-state index is 13.2. The Morgan fingerprint density at radius 1 is 1.03 bits per heavy atom. The Labute approximate surface area is 223 Å². The van der Waals surface area contributed by atoms with Crippen LogP contribution in [0.2, 0.25) is 5.02 Å². The van der Waals surface area contributed by atoms with E-state index in [1.807, 2.05) is 50.2 Å². The molecule has 1 aliphatic heterocycles. The van der Waals surface area contributed by atoms with E-state index in [9.17, 15) is 10.1 Å². The molecule has 0 spiro atoms. The number of amides is 1. The fourth-order valence-electron chi connectivity index (χ4n) is 4.32. The lowest BCUT2D eigenvalue weighted by Crippen LogP contribution is -2.49. The summed E-state index contributed by atoms with van der Waals surface area (Å²) in [6.45, 7) is 7.17. The summed E-state index contributed by atoms with van der Waals surface area (Å²) in [6, 6.07) is 23.7. The third-order valence-corrected chi connectivity index (χ3v) is 6.43. The molecule has 0 N–H and O–H groups in total. The molecule has 0 bridgehead atoms. The van der Waals surface area contributed by atoms with Crippen molar-refractivity contribution in [2.75, 3.05) is 37.7 Å². The number of anilines is 1. The molecule has 1 saturated heterocycles. The predicted octanol–water partition coefficient (Wildman–Crippen LogP) is 5.88. The number of ether oxygens (including phenoxy) is 2. The van der Waals surface area contributed by atoms with Gasteiger partial charge in [0.05, 0.1) is 11.6 Å². The van der Waals surface area contributed by atoms with Gasteiger partial charge in [0.1, 0.15) is 18.2 Å². The summed E-state index contributed by atoms with van der Waals surface area (Å²) >= 11 is 6.58. The van der Waals surface area contributed by atoms with Gasteiger partial charge in [0.2, 0.25) is 0 Å². The van der Waals surface area contributed by atoms with Crippen molar-refractivity contribution < 1.29 is 14.3 Å². The molecule has 190 valence electrons. The summed E-state index contributed by atoms with van der Waals surface area (Å²) in [5.74, 6) is 0.614. The highest BCUT2D eigenvalue weighted by molar-refractivity contribution is 6.32. The van der Waals surface area contributed by atoms with Gasteiger partial charge in [0.25, 0.3) is 5.91 Å². The van der Waals surface area contributed by atoms with Crippen LogP contribution in [0, 0.1) is 18.3 Å². The SMILES string of the molecule is CCOc1cc(/C=C(/C#N)C(=O)N2CCN(c3ccccc3)CC2)cc(Cl)c1OCc1cccc(C)c1. The summed E-state index contributed by atoms with van der Waals surface area (Å²) in [5, 5.41) is 10.1. The molecule has 0 atom stereocenters. The summed E-state index contributed by atoms with van der Waals surface area (Å²) in [6.07, 6.45) is 1.56. The monoisotopic (exact) mass is 515 g/mol. The van der Waals surface area contributed by atoms with Crippen molar-refractivity contribution in [2.24, 2.45) is 0 Å². The maximum Gasteiger partial charge on any atom is 0.264 e. The van der Waals surface area contributed by atoms with Crippen molar-refractivity contribution in [1.29, 1.82) is 5.26 Å². The second kappa shape index (κ2) is 12.3. The van der Waals surface area contributed by atoms with Gasteiger partial charge < -0.3 is 19.3 Å². The van der Waals surface area contributed by atoms with E-state index in [2.05, 4.69) is 29.2 Å². The quantitative estimate of drug-likeness (QED) is 0.277. The molecule has 1 fully saturated rings. The fraction of sp³-hybridized carbons (Fsp3) is 0.267. The zero-order valence-electron chi connectivity index (χ0n) is 21.1. The number of benzene rings is 3. The molecule has 0 aromatic heterocycles. The van der Waals surface area contributed by atoms with E-state index in [4.69, 9.17) is 21.1 Å². The molecule has 1 heterocycles. The Hall–Kier alpha value is -3.95. The van der Waals surface area contributed by atoms with Crippen molar-refractivity contribution in [3.05, 3.63) is 94.0 Å². The smallest absolute Gasteiger partial charge is 0.264 e. The molecule has 0 radical (unpaired) electrons.